The second-order valence-electron chi connectivity index (χ2n) is 8.54. The Hall–Kier alpha value is -3.29. The van der Waals surface area contributed by atoms with Gasteiger partial charge in [0.2, 0.25) is 17.7 Å². The molecular formula is C22H26F3N5O3. The van der Waals surface area contributed by atoms with Crippen molar-refractivity contribution in [1.29, 1.82) is 5.26 Å². The third-order valence-corrected chi connectivity index (χ3v) is 6.61. The largest absolute Gasteiger partial charge is 0.417 e. The lowest BCUT2D eigenvalue weighted by Gasteiger charge is -2.42. The van der Waals surface area contributed by atoms with Crippen molar-refractivity contribution < 1.29 is 27.6 Å². The van der Waals surface area contributed by atoms with Crippen LogP contribution in [0.3, 0.4) is 0 Å². The van der Waals surface area contributed by atoms with Crippen LogP contribution < -0.4 is 15.5 Å². The van der Waals surface area contributed by atoms with Gasteiger partial charge < -0.3 is 20.4 Å². The van der Waals surface area contributed by atoms with Crippen LogP contribution in [0.25, 0.3) is 0 Å². The Labute approximate surface area is 189 Å². The average molecular weight is 465 g/mol. The van der Waals surface area contributed by atoms with Crippen molar-refractivity contribution in [2.75, 3.05) is 44.7 Å². The van der Waals surface area contributed by atoms with Gasteiger partial charge in [0, 0.05) is 51.3 Å². The normalized spacial score (nSPS) is 19.8. The molecule has 1 aromatic carbocycles. The van der Waals surface area contributed by atoms with Gasteiger partial charge in [-0.05, 0) is 31.0 Å². The summed E-state index contributed by atoms with van der Waals surface area (Å²) < 4.78 is 40.3. The highest BCUT2D eigenvalue weighted by molar-refractivity contribution is 5.84. The zero-order valence-electron chi connectivity index (χ0n) is 18.5. The van der Waals surface area contributed by atoms with Crippen LogP contribution in [0.15, 0.2) is 18.2 Å². The van der Waals surface area contributed by atoms with Crippen LogP contribution in [0, 0.1) is 22.7 Å². The van der Waals surface area contributed by atoms with E-state index in [0.717, 1.165) is 12.1 Å². The third kappa shape index (κ3) is 5.05. The number of likely N-dealkylation sites (tertiary alicyclic amines) is 1. The maximum absolute atomic E-state index is 13.4. The minimum Gasteiger partial charge on any atom is -0.370 e. The highest BCUT2D eigenvalue weighted by atomic mass is 19.4. The summed E-state index contributed by atoms with van der Waals surface area (Å²) in [4.78, 5) is 39.5. The Morgan fingerprint density at radius 1 is 1.24 bits per heavy atom. The van der Waals surface area contributed by atoms with Crippen LogP contribution in [-0.4, -0.2) is 62.4 Å². The topological polar surface area (TPSA) is 106 Å². The van der Waals surface area contributed by atoms with E-state index in [0.29, 0.717) is 38.2 Å². The van der Waals surface area contributed by atoms with Gasteiger partial charge in [0.15, 0.2) is 0 Å². The molecule has 0 aliphatic carbocycles. The van der Waals surface area contributed by atoms with Gasteiger partial charge >= 0.3 is 6.18 Å². The number of halogens is 3. The molecule has 2 fully saturated rings. The van der Waals surface area contributed by atoms with E-state index in [9.17, 15) is 27.6 Å². The number of anilines is 1. The fourth-order valence-electron chi connectivity index (χ4n) is 4.78. The van der Waals surface area contributed by atoms with Crippen molar-refractivity contribution >= 4 is 23.4 Å². The first kappa shape index (κ1) is 24.4. The number of hydrogen-bond acceptors (Lipinski definition) is 5. The van der Waals surface area contributed by atoms with Gasteiger partial charge in [0.25, 0.3) is 0 Å². The molecule has 1 atom stereocenters. The summed E-state index contributed by atoms with van der Waals surface area (Å²) in [6.07, 6.45) is -3.65. The van der Waals surface area contributed by atoms with Crippen molar-refractivity contribution in [3.05, 3.63) is 29.3 Å². The number of carbonyl (C=O) groups is 3. The lowest BCUT2D eigenvalue weighted by Crippen LogP contribution is -2.51. The summed E-state index contributed by atoms with van der Waals surface area (Å²) in [5.74, 6) is -1.17. The maximum Gasteiger partial charge on any atom is 0.417 e. The summed E-state index contributed by atoms with van der Waals surface area (Å²) in [5.41, 5.74) is -1.65. The van der Waals surface area contributed by atoms with Crippen molar-refractivity contribution in [3.8, 4) is 6.07 Å². The molecule has 0 radical (unpaired) electrons. The first-order chi connectivity index (χ1) is 15.5. The quantitative estimate of drug-likeness (QED) is 0.701. The van der Waals surface area contributed by atoms with E-state index in [1.165, 1.54) is 20.0 Å². The van der Waals surface area contributed by atoms with Gasteiger partial charge in [0.05, 0.1) is 29.7 Å². The molecular weight excluding hydrogens is 439 g/mol. The molecule has 2 heterocycles. The number of rotatable bonds is 4. The second kappa shape index (κ2) is 9.29. The molecule has 11 heteroatoms. The number of alkyl halides is 3. The predicted molar refractivity (Wildman–Crippen MR) is 113 cm³/mol. The van der Waals surface area contributed by atoms with Crippen molar-refractivity contribution in [2.24, 2.45) is 11.3 Å². The fourth-order valence-corrected chi connectivity index (χ4v) is 4.78. The van der Waals surface area contributed by atoms with Gasteiger partial charge in [0.1, 0.15) is 0 Å². The SMILES string of the molecule is CNC(=O)C1CN(c2ccc(C#N)c(C(F)(F)F)c2)CC12CCN(C(=O)CNC(C)=O)CC2. The lowest BCUT2D eigenvalue weighted by atomic mass is 9.70. The van der Waals surface area contributed by atoms with Crippen LogP contribution in [0.2, 0.25) is 0 Å². The zero-order chi connectivity index (χ0) is 24.4. The summed E-state index contributed by atoms with van der Waals surface area (Å²) in [7, 11) is 1.52. The number of hydrogen-bond donors (Lipinski definition) is 2. The summed E-state index contributed by atoms with van der Waals surface area (Å²) in [6, 6.07) is 5.17. The smallest absolute Gasteiger partial charge is 0.370 e. The molecule has 0 aromatic heterocycles. The van der Waals surface area contributed by atoms with Crippen molar-refractivity contribution in [2.45, 2.75) is 25.9 Å². The molecule has 3 rings (SSSR count). The van der Waals surface area contributed by atoms with E-state index in [4.69, 9.17) is 5.26 Å². The minimum absolute atomic E-state index is 0.0984. The van der Waals surface area contributed by atoms with Crippen LogP contribution in [-0.2, 0) is 20.6 Å². The summed E-state index contributed by atoms with van der Waals surface area (Å²) >= 11 is 0. The molecule has 33 heavy (non-hydrogen) atoms. The van der Waals surface area contributed by atoms with Crippen molar-refractivity contribution in [1.82, 2.24) is 15.5 Å². The first-order valence-electron chi connectivity index (χ1n) is 10.6. The molecule has 2 N–H and O–H groups in total. The molecule has 1 aromatic rings. The Kier molecular flexibility index (Phi) is 6.86. The molecule has 2 saturated heterocycles. The molecule has 2 aliphatic rings. The van der Waals surface area contributed by atoms with Crippen LogP contribution in [0.5, 0.6) is 0 Å². The standard InChI is InChI=1S/C22H26F3N5O3/c1-14(31)28-11-19(32)29-7-5-21(6-8-29)13-30(12-18(21)20(33)27-2)16-4-3-15(10-26)17(9-16)22(23,24)25/h3-4,9,18H,5-8,11-13H2,1-2H3,(H,27,33)(H,28,31). The summed E-state index contributed by atoms with van der Waals surface area (Å²) in [5, 5.41) is 14.2. The Morgan fingerprint density at radius 3 is 2.45 bits per heavy atom. The molecule has 0 bridgehead atoms. The van der Waals surface area contributed by atoms with Gasteiger partial charge in [-0.2, -0.15) is 18.4 Å². The van der Waals surface area contributed by atoms with E-state index >= 15 is 0 Å². The summed E-state index contributed by atoms with van der Waals surface area (Å²) in [6.45, 7) is 2.61. The Bertz CT molecular complexity index is 980. The van der Waals surface area contributed by atoms with Gasteiger partial charge in [-0.1, -0.05) is 0 Å². The van der Waals surface area contributed by atoms with Crippen molar-refractivity contribution in [3.63, 3.8) is 0 Å². The monoisotopic (exact) mass is 465 g/mol. The van der Waals surface area contributed by atoms with Crippen LogP contribution >= 0.6 is 0 Å². The van der Waals surface area contributed by atoms with Gasteiger partial charge in [-0.3, -0.25) is 14.4 Å². The number of nitrogens with one attached hydrogen (secondary N) is 2. The Balaban J connectivity index is 1.82. The van der Waals surface area contributed by atoms with Gasteiger partial charge in [-0.15, -0.1) is 0 Å². The van der Waals surface area contributed by atoms with E-state index < -0.39 is 28.6 Å². The number of benzene rings is 1. The molecule has 0 saturated carbocycles. The van der Waals surface area contributed by atoms with E-state index in [-0.39, 0.29) is 30.8 Å². The number of amides is 3. The fraction of sp³-hybridized carbons (Fsp3) is 0.545. The number of nitriles is 1. The van der Waals surface area contributed by atoms with E-state index in [1.54, 1.807) is 15.9 Å². The van der Waals surface area contributed by atoms with Crippen LogP contribution in [0.4, 0.5) is 18.9 Å². The Morgan fingerprint density at radius 2 is 1.91 bits per heavy atom. The second-order valence-corrected chi connectivity index (χ2v) is 8.54. The molecule has 3 amide bonds. The number of nitrogens with zero attached hydrogens (tertiary/aromatic N) is 3. The minimum atomic E-state index is -4.67. The number of piperidine rings is 1. The van der Waals surface area contributed by atoms with E-state index in [2.05, 4.69) is 10.6 Å². The van der Waals surface area contributed by atoms with E-state index in [1.807, 2.05) is 0 Å². The molecule has 1 unspecified atom stereocenters. The molecule has 2 aliphatic heterocycles. The van der Waals surface area contributed by atoms with Crippen LogP contribution in [0.1, 0.15) is 30.9 Å². The lowest BCUT2D eigenvalue weighted by molar-refractivity contribution is -0.138. The highest BCUT2D eigenvalue weighted by Gasteiger charge is 2.51. The first-order valence-corrected chi connectivity index (χ1v) is 10.6. The number of carbonyl (C=O) groups excluding carboxylic acids is 3. The van der Waals surface area contributed by atoms with Gasteiger partial charge in [-0.25, -0.2) is 0 Å². The molecule has 8 nitrogen and oxygen atoms in total. The zero-order valence-corrected chi connectivity index (χ0v) is 18.5. The molecule has 178 valence electrons. The average Bonchev–Trinajstić information content (AvgIpc) is 3.15. The predicted octanol–water partition coefficient (Wildman–Crippen LogP) is 1.50. The third-order valence-electron chi connectivity index (χ3n) is 6.61. The maximum atomic E-state index is 13.4. The highest BCUT2D eigenvalue weighted by Crippen LogP contribution is 2.47. The molecule has 1 spiro atoms.